The molecule has 1 aromatic rings. The minimum atomic E-state index is -0.769. The molecule has 1 aromatic carbocycles. The van der Waals surface area contributed by atoms with Crippen LogP contribution in [0.4, 0.5) is 4.39 Å². The molecule has 0 bridgehead atoms. The highest BCUT2D eigenvalue weighted by molar-refractivity contribution is 5.85. The molecule has 1 heterocycles. The third kappa shape index (κ3) is 1.77. The minimum absolute atomic E-state index is 0. The fourth-order valence-electron chi connectivity index (χ4n) is 1.93. The fraction of sp³-hybridized carbons (Fsp3) is 0.455. The predicted octanol–water partition coefficient (Wildman–Crippen LogP) is 2.66. The highest BCUT2D eigenvalue weighted by Gasteiger charge is 2.39. The number of hydrogen-bond donors (Lipinski definition) is 1. The Kier molecular flexibility index (Phi) is 3.51. The Morgan fingerprint density at radius 2 is 2.00 bits per heavy atom. The molecule has 1 N–H and O–H groups in total. The van der Waals surface area contributed by atoms with Gasteiger partial charge in [-0.25, -0.2) is 4.39 Å². The summed E-state index contributed by atoms with van der Waals surface area (Å²) in [6.45, 7) is 2.70. The van der Waals surface area contributed by atoms with Crippen molar-refractivity contribution in [1.29, 1.82) is 0 Å². The van der Waals surface area contributed by atoms with Gasteiger partial charge in [-0.05, 0) is 25.5 Å². The van der Waals surface area contributed by atoms with Crippen LogP contribution in [0.2, 0.25) is 0 Å². The number of hydrogen-bond acceptors (Lipinski definition) is 1. The molecule has 0 amide bonds. The summed E-state index contributed by atoms with van der Waals surface area (Å²) in [6, 6.07) is 9.81. The summed E-state index contributed by atoms with van der Waals surface area (Å²) >= 11 is 0. The maximum absolute atomic E-state index is 13.6. The van der Waals surface area contributed by atoms with Gasteiger partial charge in [-0.15, -0.1) is 12.4 Å². The summed E-state index contributed by atoms with van der Waals surface area (Å²) in [4.78, 5) is 0. The van der Waals surface area contributed by atoms with Crippen molar-refractivity contribution >= 4 is 12.4 Å². The highest BCUT2D eigenvalue weighted by atomic mass is 35.5. The van der Waals surface area contributed by atoms with E-state index in [1.165, 1.54) is 0 Å². The molecule has 1 aliphatic rings. The van der Waals surface area contributed by atoms with Gasteiger partial charge >= 0.3 is 0 Å². The molecule has 0 aliphatic carbocycles. The van der Waals surface area contributed by atoms with Crippen LogP contribution in [0.5, 0.6) is 0 Å². The lowest BCUT2D eigenvalue weighted by molar-refractivity contribution is 0.220. The summed E-state index contributed by atoms with van der Waals surface area (Å²) in [5.74, 6) is 0. The average molecular weight is 216 g/mol. The molecule has 14 heavy (non-hydrogen) atoms. The molecule has 1 fully saturated rings. The van der Waals surface area contributed by atoms with Crippen LogP contribution in [0.25, 0.3) is 0 Å². The van der Waals surface area contributed by atoms with Crippen LogP contribution < -0.4 is 5.32 Å². The summed E-state index contributed by atoms with van der Waals surface area (Å²) in [5.41, 5.74) is 0.571. The largest absolute Gasteiger partial charge is 0.305 e. The van der Waals surface area contributed by atoms with E-state index in [0.717, 1.165) is 12.1 Å². The molecule has 1 aliphatic heterocycles. The normalized spacial score (nSPS) is 31.1. The van der Waals surface area contributed by atoms with Crippen molar-refractivity contribution < 1.29 is 4.39 Å². The summed E-state index contributed by atoms with van der Waals surface area (Å²) in [5, 5.41) is 3.22. The lowest BCUT2D eigenvalue weighted by atomic mass is 9.89. The van der Waals surface area contributed by atoms with Gasteiger partial charge in [-0.3, -0.25) is 0 Å². The first-order valence-electron chi connectivity index (χ1n) is 4.68. The summed E-state index contributed by atoms with van der Waals surface area (Å²) < 4.78 is 13.6. The third-order valence-electron chi connectivity index (χ3n) is 2.89. The monoisotopic (exact) mass is 215 g/mol. The molecule has 0 spiro atoms. The van der Waals surface area contributed by atoms with E-state index in [-0.39, 0.29) is 12.4 Å². The lowest BCUT2D eigenvalue weighted by Crippen LogP contribution is -2.39. The van der Waals surface area contributed by atoms with Crippen molar-refractivity contribution in [2.45, 2.75) is 25.1 Å². The van der Waals surface area contributed by atoms with Crippen molar-refractivity contribution in [1.82, 2.24) is 5.32 Å². The lowest BCUT2D eigenvalue weighted by Gasteiger charge is -2.27. The zero-order valence-corrected chi connectivity index (χ0v) is 8.98. The van der Waals surface area contributed by atoms with Gasteiger partial charge in [0.1, 0.15) is 6.17 Å². The van der Waals surface area contributed by atoms with Crippen LogP contribution in [-0.2, 0) is 5.54 Å². The van der Waals surface area contributed by atoms with Gasteiger partial charge in [0.2, 0.25) is 0 Å². The van der Waals surface area contributed by atoms with E-state index in [4.69, 9.17) is 0 Å². The van der Waals surface area contributed by atoms with E-state index in [9.17, 15) is 4.39 Å². The molecule has 0 radical (unpaired) electrons. The summed E-state index contributed by atoms with van der Waals surface area (Å²) in [7, 11) is 0. The predicted molar refractivity (Wildman–Crippen MR) is 58.6 cm³/mol. The smallest absolute Gasteiger partial charge is 0.123 e. The fourth-order valence-corrected chi connectivity index (χ4v) is 1.93. The molecule has 78 valence electrons. The number of benzene rings is 1. The van der Waals surface area contributed by atoms with Crippen LogP contribution in [0.3, 0.4) is 0 Å². The van der Waals surface area contributed by atoms with E-state index < -0.39 is 11.7 Å². The number of rotatable bonds is 1. The van der Waals surface area contributed by atoms with Gasteiger partial charge in [0.25, 0.3) is 0 Å². The van der Waals surface area contributed by atoms with Crippen LogP contribution in [0.1, 0.15) is 18.9 Å². The van der Waals surface area contributed by atoms with E-state index in [0.29, 0.717) is 6.42 Å². The molecular weight excluding hydrogens is 201 g/mol. The van der Waals surface area contributed by atoms with Crippen LogP contribution in [-0.4, -0.2) is 12.7 Å². The Hall–Kier alpha value is -0.600. The van der Waals surface area contributed by atoms with Gasteiger partial charge < -0.3 is 5.32 Å². The standard InChI is InChI=1S/C11H14FN.ClH/c1-11(10(12)7-8-13-11)9-5-3-2-4-6-9;/h2-6,10,13H,7-8H2,1H3;1H. The van der Waals surface area contributed by atoms with Gasteiger partial charge in [-0.2, -0.15) is 0 Å². The Balaban J connectivity index is 0.000000980. The quantitative estimate of drug-likeness (QED) is 0.760. The molecule has 1 saturated heterocycles. The van der Waals surface area contributed by atoms with Gasteiger partial charge in [-0.1, -0.05) is 30.3 Å². The Morgan fingerprint density at radius 3 is 2.50 bits per heavy atom. The van der Waals surface area contributed by atoms with Crippen molar-refractivity contribution in [2.24, 2.45) is 0 Å². The van der Waals surface area contributed by atoms with Crippen molar-refractivity contribution in [3.05, 3.63) is 35.9 Å². The second-order valence-corrected chi connectivity index (χ2v) is 3.75. The molecular formula is C11H15ClFN. The molecule has 0 aromatic heterocycles. The first-order valence-corrected chi connectivity index (χ1v) is 4.68. The van der Waals surface area contributed by atoms with Gasteiger partial charge in [0.15, 0.2) is 0 Å². The van der Waals surface area contributed by atoms with Crippen LogP contribution in [0.15, 0.2) is 30.3 Å². The van der Waals surface area contributed by atoms with E-state index in [1.54, 1.807) is 0 Å². The maximum atomic E-state index is 13.6. The molecule has 3 heteroatoms. The van der Waals surface area contributed by atoms with Gasteiger partial charge in [0, 0.05) is 0 Å². The zero-order chi connectivity index (χ0) is 9.31. The maximum Gasteiger partial charge on any atom is 0.123 e. The van der Waals surface area contributed by atoms with Crippen molar-refractivity contribution in [3.8, 4) is 0 Å². The molecule has 2 unspecified atom stereocenters. The van der Waals surface area contributed by atoms with Crippen molar-refractivity contribution in [3.63, 3.8) is 0 Å². The van der Waals surface area contributed by atoms with Crippen LogP contribution >= 0.6 is 12.4 Å². The second-order valence-electron chi connectivity index (χ2n) is 3.75. The Bertz CT molecular complexity index is 291. The minimum Gasteiger partial charge on any atom is -0.305 e. The van der Waals surface area contributed by atoms with E-state index in [1.807, 2.05) is 37.3 Å². The average Bonchev–Trinajstić information content (AvgIpc) is 2.50. The Labute approximate surface area is 90.1 Å². The molecule has 0 saturated carbocycles. The first-order chi connectivity index (χ1) is 6.23. The van der Waals surface area contributed by atoms with Crippen LogP contribution in [0, 0.1) is 0 Å². The first kappa shape index (κ1) is 11.5. The topological polar surface area (TPSA) is 12.0 Å². The molecule has 2 rings (SSSR count). The summed E-state index contributed by atoms with van der Waals surface area (Å²) in [6.07, 6.45) is -0.152. The second kappa shape index (κ2) is 4.28. The molecule has 1 nitrogen and oxygen atoms in total. The van der Waals surface area contributed by atoms with E-state index in [2.05, 4.69) is 5.32 Å². The molecule has 2 atom stereocenters. The zero-order valence-electron chi connectivity index (χ0n) is 8.16. The third-order valence-corrected chi connectivity index (χ3v) is 2.89. The Morgan fingerprint density at radius 1 is 1.36 bits per heavy atom. The number of alkyl halides is 1. The van der Waals surface area contributed by atoms with Crippen molar-refractivity contribution in [2.75, 3.05) is 6.54 Å². The number of nitrogens with one attached hydrogen (secondary N) is 1. The number of halogens is 2. The highest BCUT2D eigenvalue weighted by Crippen LogP contribution is 2.32. The van der Waals surface area contributed by atoms with E-state index >= 15 is 0 Å². The van der Waals surface area contributed by atoms with Gasteiger partial charge in [0.05, 0.1) is 5.54 Å². The SMILES string of the molecule is CC1(c2ccccc2)NCCC1F.Cl.